The number of nitrogens with two attached hydrogens (primary N) is 1. The van der Waals surface area contributed by atoms with Gasteiger partial charge in [0.25, 0.3) is 5.91 Å². The number of nitrogens with zero attached hydrogens (tertiary/aromatic N) is 1. The van der Waals surface area contributed by atoms with Gasteiger partial charge < -0.3 is 15.4 Å². The fourth-order valence-corrected chi connectivity index (χ4v) is 5.50. The van der Waals surface area contributed by atoms with Gasteiger partial charge >= 0.3 is 0 Å². The third kappa shape index (κ3) is 3.91. The largest absolute Gasteiger partial charge is 0.483 e. The van der Waals surface area contributed by atoms with Crippen LogP contribution in [0, 0.1) is 25.2 Å². The van der Waals surface area contributed by atoms with Gasteiger partial charge in [0.15, 0.2) is 6.61 Å². The summed E-state index contributed by atoms with van der Waals surface area (Å²) >= 11 is 1.51. The molecule has 0 fully saturated rings. The van der Waals surface area contributed by atoms with Crippen LogP contribution >= 0.6 is 11.3 Å². The number of ether oxygens (including phenoxy) is 1. The summed E-state index contributed by atoms with van der Waals surface area (Å²) in [7, 11) is 0. The highest BCUT2D eigenvalue weighted by molar-refractivity contribution is 7.16. The second kappa shape index (κ2) is 7.23. The third-order valence-corrected chi connectivity index (χ3v) is 6.58. The first-order valence-electron chi connectivity index (χ1n) is 9.46. The Kier molecular flexibility index (Phi) is 5.26. The van der Waals surface area contributed by atoms with E-state index in [-0.39, 0.29) is 23.6 Å². The molecule has 1 aliphatic heterocycles. The number of para-hydroxylation sites is 1. The summed E-state index contributed by atoms with van der Waals surface area (Å²) in [5.41, 5.74) is 3.53. The number of amides is 1. The zero-order chi connectivity index (χ0) is 20.7. The number of fused-ring (bicyclic) bond motifs is 1. The molecular weight excluding hydrogens is 370 g/mol. The summed E-state index contributed by atoms with van der Waals surface area (Å²) < 4.78 is 5.75. The van der Waals surface area contributed by atoms with Crippen LogP contribution in [0.5, 0.6) is 5.75 Å². The number of nitrogens with one attached hydrogen (secondary N) is 1. The number of hydrogen-bond acceptors (Lipinski definition) is 4. The third-order valence-electron chi connectivity index (χ3n) is 5.10. The van der Waals surface area contributed by atoms with Crippen molar-refractivity contribution in [3.05, 3.63) is 45.3 Å². The first kappa shape index (κ1) is 20.4. The zero-order valence-electron chi connectivity index (χ0n) is 17.4. The number of thiophene rings is 1. The molecule has 0 aliphatic carbocycles. The molecule has 0 atom stereocenters. The number of anilines is 1. The monoisotopic (exact) mass is 398 g/mol. The van der Waals surface area contributed by atoms with Crippen LogP contribution in [0.1, 0.15) is 54.8 Å². The van der Waals surface area contributed by atoms with Crippen LogP contribution in [-0.4, -0.2) is 18.1 Å². The highest BCUT2D eigenvalue weighted by Gasteiger charge is 2.44. The number of quaternary nitrogens is 1. The summed E-state index contributed by atoms with van der Waals surface area (Å²) in [5, 5.41) is 15.6. The summed E-state index contributed by atoms with van der Waals surface area (Å²) in [6.45, 7) is 12.5. The average molecular weight is 399 g/mol. The Morgan fingerprint density at radius 2 is 1.93 bits per heavy atom. The minimum Gasteiger partial charge on any atom is -0.483 e. The van der Waals surface area contributed by atoms with Crippen molar-refractivity contribution >= 4 is 22.2 Å². The number of aryl methyl sites for hydroxylation is 2. The molecule has 1 aliphatic rings. The van der Waals surface area contributed by atoms with Gasteiger partial charge in [-0.15, -0.1) is 11.3 Å². The van der Waals surface area contributed by atoms with Gasteiger partial charge in [-0.2, -0.15) is 5.26 Å². The number of hydrogen-bond donors (Lipinski definition) is 2. The van der Waals surface area contributed by atoms with E-state index in [4.69, 9.17) is 4.74 Å². The van der Waals surface area contributed by atoms with E-state index in [0.29, 0.717) is 10.6 Å². The van der Waals surface area contributed by atoms with E-state index >= 15 is 0 Å². The van der Waals surface area contributed by atoms with Crippen molar-refractivity contribution in [2.45, 2.75) is 59.0 Å². The maximum absolute atomic E-state index is 12.5. The Balaban J connectivity index is 1.81. The first-order valence-corrected chi connectivity index (χ1v) is 10.3. The number of carbonyl (C=O) groups is 1. The van der Waals surface area contributed by atoms with Gasteiger partial charge in [0.1, 0.15) is 22.4 Å². The second-order valence-corrected chi connectivity index (χ2v) is 9.84. The fraction of sp³-hybridized carbons (Fsp3) is 0.455. The molecule has 0 spiro atoms. The van der Waals surface area contributed by atoms with E-state index in [0.717, 1.165) is 33.7 Å². The molecule has 3 rings (SSSR count). The Morgan fingerprint density at radius 1 is 1.29 bits per heavy atom. The van der Waals surface area contributed by atoms with E-state index < -0.39 is 0 Å². The predicted octanol–water partition coefficient (Wildman–Crippen LogP) is 3.39. The highest BCUT2D eigenvalue weighted by Crippen LogP contribution is 2.41. The van der Waals surface area contributed by atoms with Gasteiger partial charge in [-0.05, 0) is 58.2 Å². The molecule has 0 bridgehead atoms. The van der Waals surface area contributed by atoms with Crippen molar-refractivity contribution in [2.75, 3.05) is 11.9 Å². The van der Waals surface area contributed by atoms with Gasteiger partial charge in [0, 0.05) is 6.42 Å². The summed E-state index contributed by atoms with van der Waals surface area (Å²) in [5.74, 6) is 0.486. The molecule has 2 heterocycles. The second-order valence-electron chi connectivity index (χ2n) is 8.81. The Bertz CT molecular complexity index is 947. The van der Waals surface area contributed by atoms with Crippen LogP contribution in [0.25, 0.3) is 0 Å². The molecule has 28 heavy (non-hydrogen) atoms. The molecule has 6 heteroatoms. The van der Waals surface area contributed by atoms with Gasteiger partial charge in [0.05, 0.1) is 16.0 Å². The standard InChI is InChI=1S/C22H27N3O2S/c1-13-8-7-9-14(2)18(13)27-12-17(26)24-20-16(11-23)15-10-21(3,4)25-22(5,6)19(15)28-20/h7-9,25H,10,12H2,1-6H3,(H,24,26)/p+1. The van der Waals surface area contributed by atoms with E-state index in [1.54, 1.807) is 0 Å². The predicted molar refractivity (Wildman–Crippen MR) is 112 cm³/mol. The number of nitriles is 1. The lowest BCUT2D eigenvalue weighted by molar-refractivity contribution is -0.789. The van der Waals surface area contributed by atoms with E-state index in [1.807, 2.05) is 32.0 Å². The van der Waals surface area contributed by atoms with Crippen LogP contribution in [0.3, 0.4) is 0 Å². The minimum absolute atomic E-state index is 0.00985. The lowest BCUT2D eigenvalue weighted by Crippen LogP contribution is -3.03. The van der Waals surface area contributed by atoms with Gasteiger partial charge in [-0.1, -0.05) is 18.2 Å². The van der Waals surface area contributed by atoms with Crippen molar-refractivity contribution in [1.29, 1.82) is 5.26 Å². The molecule has 0 unspecified atom stereocenters. The fourth-order valence-electron chi connectivity index (χ4n) is 4.24. The van der Waals surface area contributed by atoms with Crippen molar-refractivity contribution < 1.29 is 14.8 Å². The Labute approximate surface area is 170 Å². The van der Waals surface area contributed by atoms with E-state index in [2.05, 4.69) is 44.4 Å². The molecule has 2 aromatic rings. The van der Waals surface area contributed by atoms with Gasteiger partial charge in [-0.3, -0.25) is 4.79 Å². The maximum Gasteiger partial charge on any atom is 0.262 e. The quantitative estimate of drug-likeness (QED) is 0.829. The van der Waals surface area contributed by atoms with Crippen LogP contribution in [-0.2, 0) is 16.8 Å². The summed E-state index contributed by atoms with van der Waals surface area (Å²) in [6.07, 6.45) is 0.805. The van der Waals surface area contributed by atoms with Crippen LogP contribution in [0.2, 0.25) is 0 Å². The van der Waals surface area contributed by atoms with Crippen molar-refractivity contribution in [3.63, 3.8) is 0 Å². The van der Waals surface area contributed by atoms with Crippen LogP contribution in [0.15, 0.2) is 18.2 Å². The highest BCUT2D eigenvalue weighted by atomic mass is 32.1. The van der Waals surface area contributed by atoms with Crippen LogP contribution < -0.4 is 15.4 Å². The Morgan fingerprint density at radius 3 is 2.54 bits per heavy atom. The number of benzene rings is 1. The molecule has 1 aromatic carbocycles. The molecular formula is C22H28N3O2S+. The lowest BCUT2D eigenvalue weighted by Gasteiger charge is -2.38. The minimum atomic E-state index is -0.251. The topological polar surface area (TPSA) is 78.7 Å². The molecule has 0 radical (unpaired) electrons. The van der Waals surface area contributed by atoms with E-state index in [1.165, 1.54) is 11.3 Å². The van der Waals surface area contributed by atoms with Gasteiger partial charge in [-0.25, -0.2) is 0 Å². The average Bonchev–Trinajstić information content (AvgIpc) is 2.90. The molecule has 3 N–H and O–H groups in total. The zero-order valence-corrected chi connectivity index (χ0v) is 18.2. The van der Waals surface area contributed by atoms with Crippen LogP contribution in [0.4, 0.5) is 5.00 Å². The molecule has 1 aromatic heterocycles. The lowest BCUT2D eigenvalue weighted by atomic mass is 9.81. The summed E-state index contributed by atoms with van der Waals surface area (Å²) in [6, 6.07) is 8.20. The van der Waals surface area contributed by atoms with Crippen molar-refractivity contribution in [2.24, 2.45) is 0 Å². The number of carbonyl (C=O) groups excluding carboxylic acids is 1. The molecule has 5 nitrogen and oxygen atoms in total. The number of rotatable bonds is 4. The molecule has 1 amide bonds. The SMILES string of the molecule is Cc1cccc(C)c1OCC(=O)Nc1sc2c(c1C#N)CC(C)(C)[NH2+]C2(C)C. The van der Waals surface area contributed by atoms with Crippen molar-refractivity contribution in [1.82, 2.24) is 0 Å². The normalized spacial score (nSPS) is 16.8. The Hall–Kier alpha value is -2.36. The molecule has 0 saturated heterocycles. The smallest absolute Gasteiger partial charge is 0.262 e. The first-order chi connectivity index (χ1) is 13.0. The van der Waals surface area contributed by atoms with Gasteiger partial charge in [0.2, 0.25) is 0 Å². The van der Waals surface area contributed by atoms with Crippen molar-refractivity contribution in [3.8, 4) is 11.8 Å². The molecule has 148 valence electrons. The van der Waals surface area contributed by atoms with E-state index in [9.17, 15) is 10.1 Å². The molecule has 0 saturated carbocycles. The summed E-state index contributed by atoms with van der Waals surface area (Å²) in [4.78, 5) is 13.7. The maximum atomic E-state index is 12.5.